The van der Waals surface area contributed by atoms with E-state index < -0.39 is 0 Å². The second-order valence-electron chi connectivity index (χ2n) is 3.23. The number of methoxy groups -OCH3 is 1. The summed E-state index contributed by atoms with van der Waals surface area (Å²) < 4.78 is 4.75. The predicted octanol–water partition coefficient (Wildman–Crippen LogP) is 2.51. The third kappa shape index (κ3) is 1.64. The molecule has 0 N–H and O–H groups in total. The van der Waals surface area contributed by atoms with Crippen molar-refractivity contribution >= 4 is 17.7 Å². The van der Waals surface area contributed by atoms with Crippen molar-refractivity contribution in [3.05, 3.63) is 29.3 Å². The van der Waals surface area contributed by atoms with Gasteiger partial charge in [0.2, 0.25) is 0 Å². The van der Waals surface area contributed by atoms with E-state index >= 15 is 0 Å². The molecule has 1 aliphatic rings. The first kappa shape index (κ1) is 9.59. The van der Waals surface area contributed by atoms with Gasteiger partial charge >= 0.3 is 5.97 Å². The Labute approximate surface area is 87.6 Å². The minimum atomic E-state index is -0.218. The Morgan fingerprint density at radius 3 is 3.14 bits per heavy atom. The van der Waals surface area contributed by atoms with E-state index in [2.05, 4.69) is 6.07 Å². The molecule has 2 rings (SSSR count). The molecule has 2 nitrogen and oxygen atoms in total. The van der Waals surface area contributed by atoms with Crippen molar-refractivity contribution in [3.8, 4) is 0 Å². The summed E-state index contributed by atoms with van der Waals surface area (Å²) in [4.78, 5) is 12.7. The Hall–Kier alpha value is -0.960. The van der Waals surface area contributed by atoms with Crippen LogP contribution in [0.1, 0.15) is 22.3 Å². The largest absolute Gasteiger partial charge is 0.465 e. The Morgan fingerprint density at radius 1 is 1.50 bits per heavy atom. The number of hydrogen-bond donors (Lipinski definition) is 0. The lowest BCUT2D eigenvalue weighted by atomic mass is 10.0. The minimum Gasteiger partial charge on any atom is -0.465 e. The normalized spacial score (nSPS) is 14.6. The second-order valence-corrected chi connectivity index (χ2v) is 4.36. The average molecular weight is 208 g/mol. The molecule has 0 amide bonds. The molecule has 74 valence electrons. The van der Waals surface area contributed by atoms with Gasteiger partial charge in [0.15, 0.2) is 0 Å². The first-order valence-electron chi connectivity index (χ1n) is 4.66. The molecule has 0 unspecified atom stereocenters. The van der Waals surface area contributed by atoms with Crippen molar-refractivity contribution in [1.82, 2.24) is 0 Å². The Bertz CT molecular complexity index is 360. The molecular weight excluding hydrogens is 196 g/mol. The van der Waals surface area contributed by atoms with E-state index in [1.165, 1.54) is 12.0 Å². The summed E-state index contributed by atoms with van der Waals surface area (Å²) in [5, 5.41) is 0. The van der Waals surface area contributed by atoms with E-state index in [0.29, 0.717) is 0 Å². The van der Waals surface area contributed by atoms with Gasteiger partial charge in [-0.1, -0.05) is 6.07 Å². The molecule has 14 heavy (non-hydrogen) atoms. The summed E-state index contributed by atoms with van der Waals surface area (Å²) in [6.07, 6.45) is 2.14. The third-order valence-corrected chi connectivity index (χ3v) is 3.55. The van der Waals surface area contributed by atoms with E-state index in [-0.39, 0.29) is 5.97 Å². The van der Waals surface area contributed by atoms with Crippen LogP contribution in [0.3, 0.4) is 0 Å². The van der Waals surface area contributed by atoms with Crippen molar-refractivity contribution in [2.75, 3.05) is 12.9 Å². The Kier molecular flexibility index (Phi) is 2.77. The van der Waals surface area contributed by atoms with Gasteiger partial charge in [-0.15, -0.1) is 11.8 Å². The molecule has 0 saturated heterocycles. The molecule has 0 fully saturated rings. The molecule has 0 aromatic heterocycles. The number of thioether (sulfide) groups is 1. The van der Waals surface area contributed by atoms with E-state index in [9.17, 15) is 4.79 Å². The highest BCUT2D eigenvalue weighted by Gasteiger charge is 2.17. The van der Waals surface area contributed by atoms with Crippen LogP contribution in [0.2, 0.25) is 0 Å². The van der Waals surface area contributed by atoms with E-state index in [0.717, 1.165) is 29.7 Å². The van der Waals surface area contributed by atoms with Crippen molar-refractivity contribution in [2.45, 2.75) is 17.7 Å². The lowest BCUT2D eigenvalue weighted by Gasteiger charge is -2.17. The summed E-state index contributed by atoms with van der Waals surface area (Å²) in [7, 11) is 1.43. The number of esters is 1. The molecular formula is C11H12O2S. The number of ether oxygens (including phenoxy) is 1. The summed E-state index contributed by atoms with van der Waals surface area (Å²) in [6.45, 7) is 0. The summed E-state index contributed by atoms with van der Waals surface area (Å²) in [6, 6.07) is 5.84. The molecule has 1 heterocycles. The fourth-order valence-corrected chi connectivity index (χ4v) is 2.76. The smallest absolute Gasteiger partial charge is 0.338 e. The first-order chi connectivity index (χ1) is 6.83. The molecule has 0 spiro atoms. The molecule has 1 aliphatic heterocycles. The zero-order valence-corrected chi connectivity index (χ0v) is 8.89. The van der Waals surface area contributed by atoms with Crippen molar-refractivity contribution < 1.29 is 9.53 Å². The van der Waals surface area contributed by atoms with Crippen LogP contribution in [0, 0.1) is 0 Å². The van der Waals surface area contributed by atoms with Gasteiger partial charge in [-0.3, -0.25) is 0 Å². The number of hydrogen-bond acceptors (Lipinski definition) is 3. The van der Waals surface area contributed by atoms with Gasteiger partial charge in [-0.05, 0) is 36.3 Å². The fourth-order valence-electron chi connectivity index (χ4n) is 1.69. The SMILES string of the molecule is COC(=O)c1cccc2c1CCCS2. The van der Waals surface area contributed by atoms with Crippen LogP contribution in [0.4, 0.5) is 0 Å². The molecule has 0 radical (unpaired) electrons. The van der Waals surface area contributed by atoms with Gasteiger partial charge in [-0.25, -0.2) is 4.79 Å². The van der Waals surface area contributed by atoms with Gasteiger partial charge in [0.25, 0.3) is 0 Å². The van der Waals surface area contributed by atoms with E-state index in [4.69, 9.17) is 4.74 Å². The molecule has 0 saturated carbocycles. The first-order valence-corrected chi connectivity index (χ1v) is 5.64. The second kappa shape index (κ2) is 4.05. The highest BCUT2D eigenvalue weighted by molar-refractivity contribution is 7.99. The highest BCUT2D eigenvalue weighted by atomic mass is 32.2. The van der Waals surface area contributed by atoms with Crippen LogP contribution < -0.4 is 0 Å². The van der Waals surface area contributed by atoms with Gasteiger partial charge in [0.1, 0.15) is 0 Å². The maximum Gasteiger partial charge on any atom is 0.338 e. The molecule has 0 atom stereocenters. The van der Waals surface area contributed by atoms with Crippen molar-refractivity contribution in [3.63, 3.8) is 0 Å². The van der Waals surface area contributed by atoms with Gasteiger partial charge < -0.3 is 4.74 Å². The summed E-state index contributed by atoms with van der Waals surface area (Å²) >= 11 is 1.82. The van der Waals surface area contributed by atoms with Crippen LogP contribution in [0.15, 0.2) is 23.1 Å². The Balaban J connectivity index is 2.45. The van der Waals surface area contributed by atoms with Crippen LogP contribution in [-0.4, -0.2) is 18.8 Å². The number of carbonyl (C=O) groups is 1. The maximum atomic E-state index is 11.5. The zero-order chi connectivity index (χ0) is 9.97. The lowest BCUT2D eigenvalue weighted by molar-refractivity contribution is 0.0599. The zero-order valence-electron chi connectivity index (χ0n) is 8.08. The number of benzene rings is 1. The Morgan fingerprint density at radius 2 is 2.36 bits per heavy atom. The van der Waals surface area contributed by atoms with Gasteiger partial charge in [-0.2, -0.15) is 0 Å². The van der Waals surface area contributed by atoms with Crippen LogP contribution in [0.5, 0.6) is 0 Å². The highest BCUT2D eigenvalue weighted by Crippen LogP contribution is 2.32. The third-order valence-electron chi connectivity index (χ3n) is 2.37. The number of carbonyl (C=O) groups excluding carboxylic acids is 1. The standard InChI is InChI=1S/C11H12O2S/c1-13-11(12)9-4-2-6-10-8(9)5-3-7-14-10/h2,4,6H,3,5,7H2,1H3. The molecule has 3 heteroatoms. The number of fused-ring (bicyclic) bond motifs is 1. The van der Waals surface area contributed by atoms with Crippen LogP contribution >= 0.6 is 11.8 Å². The quantitative estimate of drug-likeness (QED) is 0.663. The molecule has 1 aromatic carbocycles. The van der Waals surface area contributed by atoms with Crippen LogP contribution in [0.25, 0.3) is 0 Å². The average Bonchev–Trinajstić information content (AvgIpc) is 2.27. The molecule has 1 aromatic rings. The van der Waals surface area contributed by atoms with Crippen LogP contribution in [-0.2, 0) is 11.2 Å². The monoisotopic (exact) mass is 208 g/mol. The summed E-state index contributed by atoms with van der Waals surface area (Å²) in [5.41, 5.74) is 1.90. The van der Waals surface area contributed by atoms with Crippen molar-refractivity contribution in [1.29, 1.82) is 0 Å². The lowest BCUT2D eigenvalue weighted by Crippen LogP contribution is -2.09. The predicted molar refractivity (Wildman–Crippen MR) is 56.8 cm³/mol. The van der Waals surface area contributed by atoms with E-state index in [1.807, 2.05) is 23.9 Å². The number of rotatable bonds is 1. The topological polar surface area (TPSA) is 26.3 Å². The van der Waals surface area contributed by atoms with Gasteiger partial charge in [0.05, 0.1) is 12.7 Å². The molecule has 0 aliphatic carbocycles. The minimum absolute atomic E-state index is 0.218. The van der Waals surface area contributed by atoms with Gasteiger partial charge in [0, 0.05) is 4.90 Å². The fraction of sp³-hybridized carbons (Fsp3) is 0.364. The van der Waals surface area contributed by atoms with E-state index in [1.54, 1.807) is 0 Å². The summed E-state index contributed by atoms with van der Waals surface area (Å²) in [5.74, 6) is 0.932. The maximum absolute atomic E-state index is 11.5. The van der Waals surface area contributed by atoms with Crippen molar-refractivity contribution in [2.24, 2.45) is 0 Å². The molecule has 0 bridgehead atoms.